The Hall–Kier alpha value is -4.03. The first-order valence-corrected chi connectivity index (χ1v) is 11.7. The summed E-state index contributed by atoms with van der Waals surface area (Å²) >= 11 is 1.33. The van der Waals surface area contributed by atoms with Crippen molar-refractivity contribution in [3.8, 4) is 22.4 Å². The van der Waals surface area contributed by atoms with Crippen molar-refractivity contribution in [1.29, 1.82) is 0 Å². The number of nitrogen functional groups attached to an aromatic ring is 1. The van der Waals surface area contributed by atoms with Crippen LogP contribution in [-0.2, 0) is 0 Å². The van der Waals surface area contributed by atoms with Crippen LogP contribution in [0.3, 0.4) is 0 Å². The lowest BCUT2D eigenvalue weighted by Gasteiger charge is -2.14. The minimum absolute atomic E-state index is 0.134. The van der Waals surface area contributed by atoms with Crippen LogP contribution in [0.1, 0.15) is 11.1 Å². The van der Waals surface area contributed by atoms with Gasteiger partial charge in [-0.25, -0.2) is 9.37 Å². The van der Waals surface area contributed by atoms with Crippen LogP contribution in [0.4, 0.5) is 20.8 Å². The van der Waals surface area contributed by atoms with Gasteiger partial charge in [-0.3, -0.25) is 4.79 Å². The van der Waals surface area contributed by atoms with Crippen molar-refractivity contribution in [2.45, 2.75) is 13.8 Å². The summed E-state index contributed by atoms with van der Waals surface area (Å²) in [4.78, 5) is 18.9. The van der Waals surface area contributed by atoms with Gasteiger partial charge in [-0.05, 0) is 54.8 Å². The van der Waals surface area contributed by atoms with Crippen LogP contribution in [0, 0.1) is 19.7 Å². The third kappa shape index (κ3) is 4.04. The molecule has 0 spiro atoms. The van der Waals surface area contributed by atoms with Gasteiger partial charge in [-0.2, -0.15) is 0 Å². The number of fused-ring (bicyclic) bond motifs is 1. The summed E-state index contributed by atoms with van der Waals surface area (Å²) in [6, 6.07) is 23.8. The molecule has 0 unspecified atom stereocenters. The van der Waals surface area contributed by atoms with Gasteiger partial charge >= 0.3 is 0 Å². The molecular weight excluding hydrogens is 445 g/mol. The molecular formula is C28H22FN3OS. The van der Waals surface area contributed by atoms with Crippen LogP contribution in [0.15, 0.2) is 83.7 Å². The molecule has 3 N–H and O–H groups in total. The molecule has 0 fully saturated rings. The van der Waals surface area contributed by atoms with Crippen LogP contribution >= 0.6 is 11.3 Å². The lowest BCUT2D eigenvalue weighted by Crippen LogP contribution is -2.12. The number of aromatic nitrogens is 1. The summed E-state index contributed by atoms with van der Waals surface area (Å²) in [6.45, 7) is 4.04. The molecule has 2 aromatic heterocycles. The standard InChI is InChI=1S/C28H22FN3OS/c1-16-8-13-22(17(2)14-16)31-28-25(30)26(33)24-21(18-9-11-20(29)12-10-18)15-23(32-27(24)34-28)19-6-4-3-5-7-19/h3-15,31H,30H2,1-2H3. The molecule has 0 aliphatic heterocycles. The van der Waals surface area contributed by atoms with Gasteiger partial charge in [0.1, 0.15) is 21.3 Å². The van der Waals surface area contributed by atoms with Gasteiger partial charge in [0.15, 0.2) is 0 Å². The van der Waals surface area contributed by atoms with Crippen molar-refractivity contribution in [2.24, 2.45) is 0 Å². The second-order valence-corrected chi connectivity index (χ2v) is 9.22. The zero-order chi connectivity index (χ0) is 23.8. The quantitative estimate of drug-likeness (QED) is 0.297. The van der Waals surface area contributed by atoms with Crippen molar-refractivity contribution in [3.63, 3.8) is 0 Å². The summed E-state index contributed by atoms with van der Waals surface area (Å²) in [5.41, 5.74) is 12.3. The molecule has 6 heteroatoms. The Kier molecular flexibility index (Phi) is 5.59. The van der Waals surface area contributed by atoms with Crippen molar-refractivity contribution in [3.05, 3.63) is 106 Å². The number of nitrogens with zero attached hydrogens (tertiary/aromatic N) is 1. The molecule has 0 saturated heterocycles. The van der Waals surface area contributed by atoms with Crippen molar-refractivity contribution >= 4 is 37.9 Å². The number of halogens is 1. The lowest BCUT2D eigenvalue weighted by molar-refractivity contribution is 0.628. The number of pyridine rings is 1. The Balaban J connectivity index is 1.76. The summed E-state index contributed by atoms with van der Waals surface area (Å²) in [6.07, 6.45) is 0. The highest BCUT2D eigenvalue weighted by molar-refractivity contribution is 7.22. The van der Waals surface area contributed by atoms with Crippen molar-refractivity contribution in [2.75, 3.05) is 11.1 Å². The van der Waals surface area contributed by atoms with E-state index in [-0.39, 0.29) is 16.9 Å². The predicted molar refractivity (Wildman–Crippen MR) is 140 cm³/mol. The van der Waals surface area contributed by atoms with E-state index >= 15 is 0 Å². The predicted octanol–water partition coefficient (Wildman–Crippen LogP) is 7.07. The monoisotopic (exact) mass is 467 g/mol. The van der Waals surface area contributed by atoms with Crippen LogP contribution in [0.2, 0.25) is 0 Å². The molecule has 4 nitrogen and oxygen atoms in total. The molecule has 0 saturated carbocycles. The number of anilines is 3. The van der Waals surface area contributed by atoms with Gasteiger partial charge in [0.05, 0.1) is 11.1 Å². The zero-order valence-corrected chi connectivity index (χ0v) is 19.5. The van der Waals surface area contributed by atoms with Crippen molar-refractivity contribution in [1.82, 2.24) is 4.98 Å². The molecule has 0 aliphatic carbocycles. The normalized spacial score (nSPS) is 11.0. The SMILES string of the molecule is Cc1ccc(Nc2sc3nc(-c4ccccc4)cc(-c4ccc(F)cc4)c3c(=O)c2N)c(C)c1. The first kappa shape index (κ1) is 21.8. The Morgan fingerprint density at radius 1 is 0.912 bits per heavy atom. The van der Waals surface area contributed by atoms with Crippen LogP contribution in [0.5, 0.6) is 0 Å². The fourth-order valence-electron chi connectivity index (χ4n) is 3.99. The van der Waals surface area contributed by atoms with Gasteiger partial charge < -0.3 is 11.1 Å². The molecule has 0 bridgehead atoms. The smallest absolute Gasteiger partial charge is 0.215 e. The van der Waals surface area contributed by atoms with Gasteiger partial charge in [-0.15, -0.1) is 0 Å². The summed E-state index contributed by atoms with van der Waals surface area (Å²) in [7, 11) is 0. The number of nitrogens with one attached hydrogen (secondary N) is 1. The van der Waals surface area contributed by atoms with Gasteiger partial charge in [0.25, 0.3) is 0 Å². The van der Waals surface area contributed by atoms with Crippen molar-refractivity contribution < 1.29 is 4.39 Å². The summed E-state index contributed by atoms with van der Waals surface area (Å²) in [5.74, 6) is -0.338. The van der Waals surface area contributed by atoms with E-state index in [1.165, 1.54) is 23.5 Å². The fraction of sp³-hybridized carbons (Fsp3) is 0.0714. The molecule has 2 heterocycles. The van der Waals surface area contributed by atoms with E-state index in [1.54, 1.807) is 12.1 Å². The molecule has 0 radical (unpaired) electrons. The van der Waals surface area contributed by atoms with E-state index in [0.717, 1.165) is 33.6 Å². The van der Waals surface area contributed by atoms with E-state index < -0.39 is 0 Å². The molecule has 3 aromatic carbocycles. The maximum absolute atomic E-state index is 13.6. The molecule has 168 valence electrons. The molecule has 0 aliphatic rings. The Bertz CT molecular complexity index is 1580. The van der Waals surface area contributed by atoms with E-state index in [2.05, 4.69) is 11.4 Å². The number of aryl methyl sites for hydroxylation is 2. The van der Waals surface area contributed by atoms with Crippen LogP contribution in [0.25, 0.3) is 32.6 Å². The third-order valence-electron chi connectivity index (χ3n) is 5.76. The Labute approximate surface area is 200 Å². The second kappa shape index (κ2) is 8.72. The van der Waals surface area contributed by atoms with Crippen LogP contribution < -0.4 is 16.5 Å². The van der Waals surface area contributed by atoms with Gasteiger partial charge in [-0.1, -0.05) is 71.5 Å². The largest absolute Gasteiger partial charge is 0.393 e. The molecule has 5 rings (SSSR count). The minimum Gasteiger partial charge on any atom is -0.393 e. The number of hydrogen-bond acceptors (Lipinski definition) is 5. The minimum atomic E-state index is -0.338. The highest BCUT2D eigenvalue weighted by atomic mass is 32.1. The molecule has 0 atom stereocenters. The Morgan fingerprint density at radius 3 is 2.35 bits per heavy atom. The first-order chi connectivity index (χ1) is 16.4. The fourth-order valence-corrected chi connectivity index (χ4v) is 4.99. The van der Waals surface area contributed by atoms with Gasteiger partial charge in [0.2, 0.25) is 5.43 Å². The summed E-state index contributed by atoms with van der Waals surface area (Å²) < 4.78 is 13.6. The zero-order valence-electron chi connectivity index (χ0n) is 18.7. The third-order valence-corrected chi connectivity index (χ3v) is 6.77. The maximum Gasteiger partial charge on any atom is 0.215 e. The molecule has 5 aromatic rings. The van der Waals surface area contributed by atoms with E-state index in [1.807, 2.05) is 62.4 Å². The second-order valence-electron chi connectivity index (χ2n) is 8.23. The van der Waals surface area contributed by atoms with E-state index in [0.29, 0.717) is 20.8 Å². The maximum atomic E-state index is 13.6. The number of hydrogen-bond donors (Lipinski definition) is 2. The number of rotatable bonds is 4. The summed E-state index contributed by atoms with van der Waals surface area (Å²) in [5, 5.41) is 4.31. The van der Waals surface area contributed by atoms with E-state index in [4.69, 9.17) is 10.7 Å². The average Bonchev–Trinajstić information content (AvgIpc) is 2.84. The Morgan fingerprint density at radius 2 is 1.65 bits per heavy atom. The highest BCUT2D eigenvalue weighted by Gasteiger charge is 2.18. The van der Waals surface area contributed by atoms with Crippen LogP contribution in [-0.4, -0.2) is 4.98 Å². The number of nitrogens with two attached hydrogens (primary N) is 1. The van der Waals surface area contributed by atoms with Gasteiger partial charge in [0, 0.05) is 11.3 Å². The first-order valence-electron chi connectivity index (χ1n) is 10.8. The highest BCUT2D eigenvalue weighted by Crippen LogP contribution is 2.37. The molecule has 0 amide bonds. The number of benzene rings is 3. The topological polar surface area (TPSA) is 68.0 Å². The van der Waals surface area contributed by atoms with E-state index in [9.17, 15) is 9.18 Å². The lowest BCUT2D eigenvalue weighted by atomic mass is 10.00. The average molecular weight is 468 g/mol. The molecule has 34 heavy (non-hydrogen) atoms.